The van der Waals surface area contributed by atoms with Crippen molar-refractivity contribution in [1.82, 2.24) is 24.0 Å². The van der Waals surface area contributed by atoms with Crippen molar-refractivity contribution in [2.75, 3.05) is 13.1 Å². The predicted octanol–water partition coefficient (Wildman–Crippen LogP) is 4.74. The molecule has 1 aromatic carbocycles. The van der Waals surface area contributed by atoms with Gasteiger partial charge in [-0.15, -0.1) is 6.42 Å². The third-order valence-corrected chi connectivity index (χ3v) is 5.40. The highest BCUT2D eigenvalue weighted by Gasteiger charge is 2.19. The van der Waals surface area contributed by atoms with Crippen molar-refractivity contribution >= 4 is 11.0 Å². The fourth-order valence-electron chi connectivity index (χ4n) is 3.72. The number of allylic oxidation sites excluding steroid dienone is 4. The number of benzene rings is 1. The molecule has 1 N–H and O–H groups in total. The number of rotatable bonds is 4. The lowest BCUT2D eigenvalue weighted by Crippen LogP contribution is -2.19. The van der Waals surface area contributed by atoms with Gasteiger partial charge in [-0.25, -0.2) is 14.2 Å². The minimum atomic E-state index is -0.362. The Hall–Kier alpha value is -3.37. The summed E-state index contributed by atoms with van der Waals surface area (Å²) in [7, 11) is 3.62. The number of hydrogen-bond donors (Lipinski definition) is 1. The van der Waals surface area contributed by atoms with Gasteiger partial charge >= 0.3 is 5.69 Å². The number of aromatic nitrogens is 4. The number of fused-ring (bicyclic) bond motifs is 1. The van der Waals surface area contributed by atoms with Gasteiger partial charge in [-0.05, 0) is 37.6 Å². The van der Waals surface area contributed by atoms with Gasteiger partial charge in [0, 0.05) is 38.3 Å². The van der Waals surface area contributed by atoms with E-state index in [9.17, 15) is 9.18 Å². The van der Waals surface area contributed by atoms with Crippen LogP contribution in [0.5, 0.6) is 0 Å². The van der Waals surface area contributed by atoms with Crippen molar-refractivity contribution < 1.29 is 4.39 Å². The van der Waals surface area contributed by atoms with Gasteiger partial charge < -0.3 is 9.88 Å². The van der Waals surface area contributed by atoms with Gasteiger partial charge in [-0.2, -0.15) is 0 Å². The topological polar surface area (TPSA) is 56.8 Å². The molecule has 0 amide bonds. The van der Waals surface area contributed by atoms with Crippen LogP contribution in [0.2, 0.25) is 0 Å². The van der Waals surface area contributed by atoms with Crippen molar-refractivity contribution in [1.29, 1.82) is 0 Å². The van der Waals surface area contributed by atoms with Crippen LogP contribution < -0.4 is 11.0 Å². The molecule has 0 spiro atoms. The van der Waals surface area contributed by atoms with E-state index in [0.29, 0.717) is 6.04 Å². The molecule has 1 fully saturated rings. The summed E-state index contributed by atoms with van der Waals surface area (Å²) in [5.74, 6) is 1.73. The van der Waals surface area contributed by atoms with Gasteiger partial charge in [0.1, 0.15) is 5.83 Å². The van der Waals surface area contributed by atoms with Gasteiger partial charge in [0.2, 0.25) is 0 Å². The molecular weight excluding hydrogens is 417 g/mol. The molecule has 1 aliphatic heterocycles. The third kappa shape index (κ3) is 6.11. The van der Waals surface area contributed by atoms with E-state index in [1.165, 1.54) is 6.08 Å². The molecule has 1 aliphatic rings. The van der Waals surface area contributed by atoms with Gasteiger partial charge in [0.05, 0.1) is 29.3 Å². The van der Waals surface area contributed by atoms with Crippen molar-refractivity contribution in [2.45, 2.75) is 39.7 Å². The summed E-state index contributed by atoms with van der Waals surface area (Å²) in [5.41, 5.74) is 4.10. The molecule has 0 saturated carbocycles. The zero-order valence-corrected chi connectivity index (χ0v) is 20.2. The lowest BCUT2D eigenvalue weighted by atomic mass is 10.1. The molecule has 7 heteroatoms. The Balaban J connectivity index is 0.000000299. The number of halogens is 1. The second-order valence-corrected chi connectivity index (χ2v) is 7.44. The Morgan fingerprint density at radius 2 is 2.03 bits per heavy atom. The number of imidazole rings is 2. The second-order valence-electron chi connectivity index (χ2n) is 7.44. The summed E-state index contributed by atoms with van der Waals surface area (Å²) in [6.45, 7) is 7.96. The molecule has 176 valence electrons. The van der Waals surface area contributed by atoms with Crippen molar-refractivity contribution in [2.24, 2.45) is 14.1 Å². The first kappa shape index (κ1) is 25.9. The molecule has 3 aromatic rings. The maximum atomic E-state index is 12.2. The SMILES string of the molecule is C#C/C=C(F)\C=C/CC.CC.Cn1c(=O)n(C)c2cc(-c3cncn3C3CCNC3)ccc21. The number of aryl methyl sites for hydroxylation is 2. The van der Waals surface area contributed by atoms with Crippen LogP contribution in [-0.4, -0.2) is 31.8 Å². The molecule has 0 bridgehead atoms. The zero-order chi connectivity index (χ0) is 24.4. The standard InChI is InChI=1S/C16H19N5O.C8H9F.C2H6/c1-19-13-4-3-11(7-14(13)20(2)16(19)22)15-9-18-10-21(15)12-5-6-17-8-12;1-3-5-7-8(9)6-4-2;1-2/h3-4,7,9-10,12,17H,5-6,8H2,1-2H3;2,5-7H,3H2,1H3;1-2H3/b;7-5-,8-6+;. The maximum absolute atomic E-state index is 12.2. The van der Waals surface area contributed by atoms with E-state index in [2.05, 4.69) is 32.9 Å². The highest BCUT2D eigenvalue weighted by molar-refractivity contribution is 5.82. The molecule has 3 heterocycles. The molecule has 33 heavy (non-hydrogen) atoms. The van der Waals surface area contributed by atoms with E-state index >= 15 is 0 Å². The van der Waals surface area contributed by atoms with Crippen LogP contribution in [0.3, 0.4) is 0 Å². The van der Waals surface area contributed by atoms with Gasteiger partial charge in [-0.1, -0.05) is 38.8 Å². The molecular formula is C26H34FN5O. The summed E-state index contributed by atoms with van der Waals surface area (Å²) in [4.78, 5) is 16.4. The summed E-state index contributed by atoms with van der Waals surface area (Å²) < 4.78 is 17.8. The van der Waals surface area contributed by atoms with E-state index in [1.807, 2.05) is 46.4 Å². The van der Waals surface area contributed by atoms with Crippen LogP contribution in [0.25, 0.3) is 22.3 Å². The first-order chi connectivity index (χ1) is 16.0. The molecule has 1 saturated heterocycles. The molecule has 0 radical (unpaired) electrons. The highest BCUT2D eigenvalue weighted by Crippen LogP contribution is 2.27. The number of nitrogens with zero attached hydrogens (tertiary/aromatic N) is 4. The zero-order valence-electron chi connectivity index (χ0n) is 20.2. The van der Waals surface area contributed by atoms with Crippen LogP contribution >= 0.6 is 0 Å². The van der Waals surface area contributed by atoms with E-state index < -0.39 is 0 Å². The first-order valence-electron chi connectivity index (χ1n) is 11.3. The third-order valence-electron chi connectivity index (χ3n) is 5.40. The fraction of sp³-hybridized carbons (Fsp3) is 0.385. The van der Waals surface area contributed by atoms with Crippen LogP contribution in [-0.2, 0) is 14.1 Å². The Bertz CT molecular complexity index is 1200. The molecule has 4 rings (SSSR count). The summed E-state index contributed by atoms with van der Waals surface area (Å²) >= 11 is 0. The monoisotopic (exact) mass is 451 g/mol. The summed E-state index contributed by atoms with van der Waals surface area (Å²) in [6, 6.07) is 6.61. The quantitative estimate of drug-likeness (QED) is 0.460. The Kier molecular flexibility index (Phi) is 9.89. The largest absolute Gasteiger partial charge is 0.328 e. The van der Waals surface area contributed by atoms with Crippen molar-refractivity contribution in [3.63, 3.8) is 0 Å². The first-order valence-corrected chi connectivity index (χ1v) is 11.3. The highest BCUT2D eigenvalue weighted by atomic mass is 19.1. The Morgan fingerprint density at radius 3 is 2.67 bits per heavy atom. The predicted molar refractivity (Wildman–Crippen MR) is 135 cm³/mol. The van der Waals surface area contributed by atoms with Gasteiger partial charge in [0.15, 0.2) is 0 Å². The second kappa shape index (κ2) is 12.6. The van der Waals surface area contributed by atoms with Crippen LogP contribution in [0.4, 0.5) is 4.39 Å². The smallest absolute Gasteiger partial charge is 0.326 e. The van der Waals surface area contributed by atoms with Gasteiger partial charge in [0.25, 0.3) is 0 Å². The lowest BCUT2D eigenvalue weighted by Gasteiger charge is -2.14. The number of nitrogens with one attached hydrogen (secondary N) is 1. The van der Waals surface area contributed by atoms with E-state index in [-0.39, 0.29) is 11.5 Å². The normalized spacial score (nSPS) is 15.7. The van der Waals surface area contributed by atoms with E-state index in [1.54, 1.807) is 22.3 Å². The Labute approximate surface area is 195 Å². The molecule has 2 aromatic heterocycles. The maximum Gasteiger partial charge on any atom is 0.328 e. The minimum absolute atomic E-state index is 0.000602. The summed E-state index contributed by atoms with van der Waals surface area (Å²) in [6.07, 6.45) is 14.7. The Morgan fingerprint density at radius 1 is 1.30 bits per heavy atom. The number of hydrogen-bond acceptors (Lipinski definition) is 3. The summed E-state index contributed by atoms with van der Waals surface area (Å²) in [5, 5.41) is 3.39. The molecule has 0 aliphatic carbocycles. The van der Waals surface area contributed by atoms with Crippen LogP contribution in [0, 0.1) is 12.3 Å². The van der Waals surface area contributed by atoms with Crippen LogP contribution in [0.15, 0.2) is 59.6 Å². The fourth-order valence-corrected chi connectivity index (χ4v) is 3.72. The van der Waals surface area contributed by atoms with E-state index in [4.69, 9.17) is 6.42 Å². The average molecular weight is 452 g/mol. The molecule has 1 unspecified atom stereocenters. The molecule has 1 atom stereocenters. The minimum Gasteiger partial charge on any atom is -0.326 e. The van der Waals surface area contributed by atoms with Gasteiger partial charge in [-0.3, -0.25) is 9.13 Å². The van der Waals surface area contributed by atoms with E-state index in [0.717, 1.165) is 54.3 Å². The number of terminal acetylenes is 1. The van der Waals surface area contributed by atoms with Crippen molar-refractivity contribution in [3.05, 3.63) is 65.3 Å². The average Bonchev–Trinajstić information content (AvgIpc) is 3.58. The molecule has 6 nitrogen and oxygen atoms in total. The van der Waals surface area contributed by atoms with Crippen LogP contribution in [0.1, 0.15) is 39.7 Å². The van der Waals surface area contributed by atoms with Crippen molar-refractivity contribution in [3.8, 4) is 23.6 Å². The lowest BCUT2D eigenvalue weighted by molar-refractivity contribution is 0.551.